The molecule has 5 heteroatoms. The number of nitrogens with zero attached hydrogens (tertiary/aromatic N) is 2. The highest BCUT2D eigenvalue weighted by atomic mass is 32.1. The van der Waals surface area contributed by atoms with E-state index in [0.29, 0.717) is 6.54 Å². The Morgan fingerprint density at radius 3 is 2.69 bits per heavy atom. The van der Waals surface area contributed by atoms with Gasteiger partial charge in [0.25, 0.3) is 5.91 Å². The van der Waals surface area contributed by atoms with Crippen LogP contribution in [0, 0.1) is 0 Å². The summed E-state index contributed by atoms with van der Waals surface area (Å²) in [7, 11) is 2.17. The molecule has 0 saturated carbocycles. The lowest BCUT2D eigenvalue weighted by Crippen LogP contribution is -2.45. The molecule has 1 saturated heterocycles. The molecule has 4 nitrogen and oxygen atoms in total. The summed E-state index contributed by atoms with van der Waals surface area (Å²) in [6.45, 7) is 4.84. The SMILES string of the molecule is CN1CCN(c2ccccc2CNC(=O)c2cc3c(s2)CCCC3)CC1. The summed E-state index contributed by atoms with van der Waals surface area (Å²) < 4.78 is 0. The van der Waals surface area contributed by atoms with Gasteiger partial charge in [-0.2, -0.15) is 0 Å². The van der Waals surface area contributed by atoms with Crippen molar-refractivity contribution in [2.24, 2.45) is 0 Å². The van der Waals surface area contributed by atoms with Gasteiger partial charge in [-0.15, -0.1) is 11.3 Å². The molecule has 0 spiro atoms. The van der Waals surface area contributed by atoms with Crippen molar-refractivity contribution >= 4 is 22.9 Å². The predicted molar refractivity (Wildman–Crippen MR) is 108 cm³/mol. The van der Waals surface area contributed by atoms with E-state index < -0.39 is 0 Å². The first-order chi connectivity index (χ1) is 12.7. The van der Waals surface area contributed by atoms with Gasteiger partial charge in [0.2, 0.25) is 0 Å². The fourth-order valence-corrected chi connectivity index (χ4v) is 5.05. The number of hydrogen-bond acceptors (Lipinski definition) is 4. The van der Waals surface area contributed by atoms with Crippen LogP contribution in [0.4, 0.5) is 5.69 Å². The zero-order chi connectivity index (χ0) is 17.9. The largest absolute Gasteiger partial charge is 0.369 e. The van der Waals surface area contributed by atoms with Gasteiger partial charge < -0.3 is 15.1 Å². The Morgan fingerprint density at radius 2 is 1.88 bits per heavy atom. The van der Waals surface area contributed by atoms with Gasteiger partial charge >= 0.3 is 0 Å². The molecule has 0 unspecified atom stereocenters. The van der Waals surface area contributed by atoms with Crippen molar-refractivity contribution in [2.75, 3.05) is 38.1 Å². The highest BCUT2D eigenvalue weighted by molar-refractivity contribution is 7.14. The third-order valence-corrected chi connectivity index (χ3v) is 6.73. The smallest absolute Gasteiger partial charge is 0.261 e. The van der Waals surface area contributed by atoms with Gasteiger partial charge in [0.1, 0.15) is 0 Å². The van der Waals surface area contributed by atoms with Crippen LogP contribution in [0.15, 0.2) is 30.3 Å². The molecule has 26 heavy (non-hydrogen) atoms. The number of benzene rings is 1. The third kappa shape index (κ3) is 3.79. The second-order valence-electron chi connectivity index (χ2n) is 7.37. The number of likely N-dealkylation sites (N-methyl/N-ethyl adjacent to an activating group) is 1. The van der Waals surface area contributed by atoms with Crippen molar-refractivity contribution in [2.45, 2.75) is 32.2 Å². The van der Waals surface area contributed by atoms with Crippen LogP contribution >= 0.6 is 11.3 Å². The fraction of sp³-hybridized carbons (Fsp3) is 0.476. The zero-order valence-corrected chi connectivity index (χ0v) is 16.3. The highest BCUT2D eigenvalue weighted by Crippen LogP contribution is 2.29. The lowest BCUT2D eigenvalue weighted by atomic mass is 9.99. The van der Waals surface area contributed by atoms with Crippen molar-refractivity contribution in [3.63, 3.8) is 0 Å². The molecule has 138 valence electrons. The van der Waals surface area contributed by atoms with E-state index in [1.54, 1.807) is 11.3 Å². The molecule has 1 aromatic carbocycles. The van der Waals surface area contributed by atoms with Crippen LogP contribution in [0.2, 0.25) is 0 Å². The summed E-state index contributed by atoms with van der Waals surface area (Å²) in [6, 6.07) is 10.6. The number of fused-ring (bicyclic) bond motifs is 1. The fourth-order valence-electron chi connectivity index (χ4n) is 3.88. The first kappa shape index (κ1) is 17.6. The summed E-state index contributed by atoms with van der Waals surface area (Å²) in [6.07, 6.45) is 4.78. The van der Waals surface area contributed by atoms with E-state index in [2.05, 4.69) is 52.5 Å². The maximum atomic E-state index is 12.6. The Hall–Kier alpha value is -1.85. The minimum absolute atomic E-state index is 0.0672. The Morgan fingerprint density at radius 1 is 1.12 bits per heavy atom. The van der Waals surface area contributed by atoms with Crippen molar-refractivity contribution in [3.8, 4) is 0 Å². The molecule has 0 bridgehead atoms. The van der Waals surface area contributed by atoms with Crippen LogP contribution in [0.25, 0.3) is 0 Å². The highest BCUT2D eigenvalue weighted by Gasteiger charge is 2.19. The third-order valence-electron chi connectivity index (χ3n) is 5.50. The number of hydrogen-bond donors (Lipinski definition) is 1. The number of piperazine rings is 1. The Labute approximate surface area is 159 Å². The van der Waals surface area contributed by atoms with E-state index >= 15 is 0 Å². The van der Waals surface area contributed by atoms with Gasteiger partial charge in [-0.05, 0) is 56.0 Å². The number of thiophene rings is 1. The average Bonchev–Trinajstić information content (AvgIpc) is 3.11. The van der Waals surface area contributed by atoms with E-state index in [4.69, 9.17) is 0 Å². The molecule has 1 aliphatic carbocycles. The monoisotopic (exact) mass is 369 g/mol. The second kappa shape index (κ2) is 7.80. The van der Waals surface area contributed by atoms with E-state index in [1.165, 1.54) is 34.5 Å². The van der Waals surface area contributed by atoms with Crippen molar-refractivity contribution < 1.29 is 4.79 Å². The molecule has 4 rings (SSSR count). The Balaban J connectivity index is 1.43. The predicted octanol–water partition coefficient (Wildman–Crippen LogP) is 3.31. The Kier molecular flexibility index (Phi) is 5.27. The first-order valence-corrected chi connectivity index (χ1v) is 10.4. The molecule has 2 aliphatic rings. The molecule has 0 atom stereocenters. The van der Waals surface area contributed by atoms with Crippen LogP contribution < -0.4 is 10.2 Å². The van der Waals surface area contributed by atoms with Crippen LogP contribution in [0.3, 0.4) is 0 Å². The maximum Gasteiger partial charge on any atom is 0.261 e. The molecule has 1 aromatic heterocycles. The molecule has 1 N–H and O–H groups in total. The zero-order valence-electron chi connectivity index (χ0n) is 15.5. The van der Waals surface area contributed by atoms with Crippen molar-refractivity contribution in [1.29, 1.82) is 0 Å². The van der Waals surface area contributed by atoms with E-state index in [1.807, 2.05) is 0 Å². The number of amides is 1. The average molecular weight is 370 g/mol. The van der Waals surface area contributed by atoms with E-state index in [9.17, 15) is 4.79 Å². The summed E-state index contributed by atoms with van der Waals surface area (Å²) in [5, 5.41) is 3.15. The quantitative estimate of drug-likeness (QED) is 0.898. The number of carbonyl (C=O) groups is 1. The number of carbonyl (C=O) groups excluding carboxylic acids is 1. The minimum Gasteiger partial charge on any atom is -0.369 e. The van der Waals surface area contributed by atoms with E-state index in [-0.39, 0.29) is 5.91 Å². The Bertz CT molecular complexity index is 754. The number of aryl methyl sites for hydroxylation is 2. The molecule has 0 radical (unpaired) electrons. The molecule has 1 amide bonds. The van der Waals surface area contributed by atoms with Gasteiger partial charge in [-0.1, -0.05) is 18.2 Å². The summed E-state index contributed by atoms with van der Waals surface area (Å²) in [4.78, 5) is 19.7. The lowest BCUT2D eigenvalue weighted by Gasteiger charge is -2.35. The number of anilines is 1. The van der Waals surface area contributed by atoms with Crippen LogP contribution in [-0.2, 0) is 19.4 Å². The molecule has 1 aliphatic heterocycles. The first-order valence-electron chi connectivity index (χ1n) is 9.62. The lowest BCUT2D eigenvalue weighted by molar-refractivity contribution is 0.0955. The molecule has 2 aromatic rings. The van der Waals surface area contributed by atoms with Crippen LogP contribution in [0.1, 0.15) is 38.5 Å². The number of nitrogens with one attached hydrogen (secondary N) is 1. The maximum absolute atomic E-state index is 12.6. The number of para-hydroxylation sites is 1. The topological polar surface area (TPSA) is 35.6 Å². The van der Waals surface area contributed by atoms with Gasteiger partial charge in [0, 0.05) is 43.3 Å². The van der Waals surface area contributed by atoms with Crippen molar-refractivity contribution in [3.05, 3.63) is 51.2 Å². The summed E-state index contributed by atoms with van der Waals surface area (Å²) >= 11 is 1.68. The van der Waals surface area contributed by atoms with Gasteiger partial charge in [-0.25, -0.2) is 0 Å². The standard InChI is InChI=1S/C21H27N3OS/c1-23-10-12-24(13-11-23)18-8-4-2-7-17(18)15-22-21(25)20-14-16-6-3-5-9-19(16)26-20/h2,4,7-8,14H,3,5-6,9-13,15H2,1H3,(H,22,25). The normalized spacial score (nSPS) is 17.8. The van der Waals surface area contributed by atoms with Crippen LogP contribution in [0.5, 0.6) is 0 Å². The molecular weight excluding hydrogens is 342 g/mol. The van der Waals surface area contributed by atoms with E-state index in [0.717, 1.165) is 43.9 Å². The molecule has 1 fully saturated rings. The van der Waals surface area contributed by atoms with Gasteiger partial charge in [-0.3, -0.25) is 4.79 Å². The van der Waals surface area contributed by atoms with Gasteiger partial charge in [0.15, 0.2) is 0 Å². The van der Waals surface area contributed by atoms with Crippen LogP contribution in [-0.4, -0.2) is 44.0 Å². The summed E-state index contributed by atoms with van der Waals surface area (Å²) in [5.41, 5.74) is 3.85. The minimum atomic E-state index is 0.0672. The number of rotatable bonds is 4. The second-order valence-corrected chi connectivity index (χ2v) is 8.50. The van der Waals surface area contributed by atoms with Crippen molar-refractivity contribution in [1.82, 2.24) is 10.2 Å². The van der Waals surface area contributed by atoms with Gasteiger partial charge in [0.05, 0.1) is 4.88 Å². The molecule has 2 heterocycles. The summed E-state index contributed by atoms with van der Waals surface area (Å²) in [5.74, 6) is 0.0672. The molecular formula is C21H27N3OS.